The first-order valence-electron chi connectivity index (χ1n) is 10.6. The number of thiophene rings is 1. The minimum Gasteiger partial charge on any atom is -0.334 e. The second-order valence-corrected chi connectivity index (χ2v) is 10.4. The van der Waals surface area contributed by atoms with E-state index >= 15 is 0 Å². The van der Waals surface area contributed by atoms with E-state index in [0.29, 0.717) is 16.7 Å². The summed E-state index contributed by atoms with van der Waals surface area (Å²) in [6, 6.07) is 1.74. The van der Waals surface area contributed by atoms with E-state index in [0.717, 1.165) is 47.8 Å². The highest BCUT2D eigenvalue weighted by Crippen LogP contribution is 2.29. The molecule has 0 saturated heterocycles. The molecule has 2 heterocycles. The summed E-state index contributed by atoms with van der Waals surface area (Å²) in [6.07, 6.45) is 6.57. The summed E-state index contributed by atoms with van der Waals surface area (Å²) in [4.78, 5) is 12.7. The lowest BCUT2D eigenvalue weighted by Gasteiger charge is -2.15. The first-order valence-corrected chi connectivity index (χ1v) is 13.3. The van der Waals surface area contributed by atoms with Gasteiger partial charge in [0, 0.05) is 36.5 Å². The van der Waals surface area contributed by atoms with E-state index in [4.69, 9.17) is 9.98 Å². The molecule has 29 heavy (non-hydrogen) atoms. The number of sulfone groups is 1. The van der Waals surface area contributed by atoms with Crippen LogP contribution in [0.25, 0.3) is 0 Å². The Hall–Kier alpha value is -1.47. The molecule has 0 fully saturated rings. The molecule has 0 amide bonds. The van der Waals surface area contributed by atoms with Gasteiger partial charge in [-0.05, 0) is 43.7 Å². The fraction of sp³-hybridized carbons (Fsp3) is 0.636. The van der Waals surface area contributed by atoms with Crippen molar-refractivity contribution >= 4 is 32.7 Å². The van der Waals surface area contributed by atoms with Crippen molar-refractivity contribution in [1.29, 1.82) is 0 Å². The molecule has 1 aliphatic rings. The number of rotatable bonds is 8. The Morgan fingerprint density at radius 1 is 1.14 bits per heavy atom. The van der Waals surface area contributed by atoms with E-state index < -0.39 is 9.84 Å². The van der Waals surface area contributed by atoms with Crippen LogP contribution in [0.2, 0.25) is 0 Å². The Morgan fingerprint density at radius 3 is 2.24 bits per heavy atom. The minimum absolute atomic E-state index is 0.408. The largest absolute Gasteiger partial charge is 0.334 e. The van der Waals surface area contributed by atoms with E-state index in [-0.39, 0.29) is 0 Å². The fourth-order valence-electron chi connectivity index (χ4n) is 3.20. The Bertz CT molecular complexity index is 861. The molecule has 0 N–H and O–H groups in total. The zero-order chi connectivity index (χ0) is 22.2. The van der Waals surface area contributed by atoms with Crippen LogP contribution in [0, 0.1) is 12.8 Å². The van der Waals surface area contributed by atoms with Crippen molar-refractivity contribution in [3.8, 4) is 0 Å². The van der Waals surface area contributed by atoms with Crippen LogP contribution in [0.5, 0.6) is 0 Å². The van der Waals surface area contributed by atoms with Crippen LogP contribution in [0.4, 0.5) is 0 Å². The Morgan fingerprint density at radius 2 is 1.76 bits per heavy atom. The number of nitrogens with zero attached hydrogens (tertiary/aromatic N) is 3. The molecule has 0 aliphatic carbocycles. The molecule has 0 aromatic carbocycles. The molecule has 0 saturated carbocycles. The van der Waals surface area contributed by atoms with Crippen LogP contribution in [-0.2, 0) is 16.4 Å². The van der Waals surface area contributed by atoms with Crippen molar-refractivity contribution in [1.82, 2.24) is 4.90 Å². The maximum atomic E-state index is 11.8. The summed E-state index contributed by atoms with van der Waals surface area (Å²) in [7, 11) is -1.16. The Kier molecular flexibility index (Phi) is 10.3. The van der Waals surface area contributed by atoms with Gasteiger partial charge in [0.2, 0.25) is 0 Å². The normalized spacial score (nSPS) is 17.1. The molecule has 164 valence electrons. The lowest BCUT2D eigenvalue weighted by molar-refractivity contribution is 0.581. The lowest BCUT2D eigenvalue weighted by Crippen LogP contribution is -2.25. The quantitative estimate of drug-likeness (QED) is 0.537. The molecular formula is C22H37N3O2S2. The van der Waals surface area contributed by atoms with Crippen LogP contribution >= 0.6 is 11.3 Å². The average Bonchev–Trinajstić information content (AvgIpc) is 3.21. The highest BCUT2D eigenvalue weighted by molar-refractivity contribution is 7.92. The van der Waals surface area contributed by atoms with E-state index in [9.17, 15) is 8.42 Å². The second kappa shape index (κ2) is 11.6. The Balaban J connectivity index is 0.00000204. The molecule has 2 rings (SSSR count). The van der Waals surface area contributed by atoms with Crippen LogP contribution in [0.3, 0.4) is 0 Å². The van der Waals surface area contributed by atoms with Gasteiger partial charge in [0.25, 0.3) is 0 Å². The van der Waals surface area contributed by atoms with Crippen molar-refractivity contribution in [2.24, 2.45) is 15.9 Å². The molecular weight excluding hydrogens is 402 g/mol. The standard InChI is InChI=1S/C20H31N3O2S2.C2H6/c1-7-10-21-19-16(15(8-2)9-3)13-23(5)20(19)22-12-17-14(4)11-18(26-17)27(6,24)25;1-2/h11,13,15H,7-10,12H2,1-6H3;1-2H3. The van der Waals surface area contributed by atoms with Crippen LogP contribution in [-0.4, -0.2) is 44.7 Å². The predicted octanol–water partition coefficient (Wildman–Crippen LogP) is 5.50. The molecule has 0 atom stereocenters. The maximum absolute atomic E-state index is 11.8. The molecule has 0 bridgehead atoms. The van der Waals surface area contributed by atoms with Crippen molar-refractivity contribution in [2.75, 3.05) is 19.8 Å². The van der Waals surface area contributed by atoms with Gasteiger partial charge in [-0.1, -0.05) is 34.6 Å². The predicted molar refractivity (Wildman–Crippen MR) is 127 cm³/mol. The van der Waals surface area contributed by atoms with Crippen molar-refractivity contribution in [3.63, 3.8) is 0 Å². The van der Waals surface area contributed by atoms with E-state index in [2.05, 4.69) is 31.9 Å². The molecule has 0 radical (unpaired) electrons. The van der Waals surface area contributed by atoms with Gasteiger partial charge in [-0.15, -0.1) is 11.3 Å². The summed E-state index contributed by atoms with van der Waals surface area (Å²) in [6.45, 7) is 13.8. The smallest absolute Gasteiger partial charge is 0.184 e. The summed E-state index contributed by atoms with van der Waals surface area (Å²) in [5, 5.41) is 0. The van der Waals surface area contributed by atoms with Crippen LogP contribution in [0.15, 0.2) is 32.0 Å². The third-order valence-electron chi connectivity index (χ3n) is 4.81. The van der Waals surface area contributed by atoms with Gasteiger partial charge < -0.3 is 4.90 Å². The van der Waals surface area contributed by atoms with Crippen LogP contribution in [0.1, 0.15) is 64.3 Å². The van der Waals surface area contributed by atoms with E-state index in [1.165, 1.54) is 23.2 Å². The summed E-state index contributed by atoms with van der Waals surface area (Å²) in [5.74, 6) is 1.37. The highest BCUT2D eigenvalue weighted by Gasteiger charge is 2.29. The number of aryl methyl sites for hydroxylation is 1. The molecule has 1 aromatic rings. The highest BCUT2D eigenvalue weighted by atomic mass is 32.2. The molecule has 1 aliphatic heterocycles. The van der Waals surface area contributed by atoms with Gasteiger partial charge in [-0.2, -0.15) is 0 Å². The summed E-state index contributed by atoms with van der Waals surface area (Å²) in [5.41, 5.74) is 3.26. The van der Waals surface area contributed by atoms with Gasteiger partial charge in [0.1, 0.15) is 9.92 Å². The Labute approximate surface area is 181 Å². The third-order valence-corrected chi connectivity index (χ3v) is 7.83. The number of amidine groups is 1. The van der Waals surface area contributed by atoms with Gasteiger partial charge >= 0.3 is 0 Å². The molecule has 7 heteroatoms. The third kappa shape index (κ3) is 6.51. The first kappa shape index (κ1) is 25.6. The minimum atomic E-state index is -3.18. The average molecular weight is 440 g/mol. The van der Waals surface area contributed by atoms with Gasteiger partial charge in [0.15, 0.2) is 15.7 Å². The topological polar surface area (TPSA) is 62.1 Å². The monoisotopic (exact) mass is 439 g/mol. The van der Waals surface area contributed by atoms with Crippen molar-refractivity contribution < 1.29 is 8.42 Å². The SMILES string of the molecule is CC.CCCN=C1C(C(CC)CC)=CN(C)C1=NCc1sc(S(C)(=O)=O)cc1C. The zero-order valence-electron chi connectivity index (χ0n) is 19.2. The summed E-state index contributed by atoms with van der Waals surface area (Å²) >= 11 is 1.32. The maximum Gasteiger partial charge on any atom is 0.184 e. The van der Waals surface area contributed by atoms with Crippen molar-refractivity contribution in [2.45, 2.75) is 71.6 Å². The summed E-state index contributed by atoms with van der Waals surface area (Å²) < 4.78 is 24.0. The number of hydrogen-bond donors (Lipinski definition) is 0. The molecule has 1 aromatic heterocycles. The lowest BCUT2D eigenvalue weighted by atomic mass is 9.92. The van der Waals surface area contributed by atoms with Crippen molar-refractivity contribution in [3.05, 3.63) is 28.3 Å². The molecule has 0 spiro atoms. The van der Waals surface area contributed by atoms with Gasteiger partial charge in [-0.3, -0.25) is 9.98 Å². The number of aliphatic imine (C=N–C) groups is 2. The van der Waals surface area contributed by atoms with Gasteiger partial charge in [-0.25, -0.2) is 8.42 Å². The first-order chi connectivity index (χ1) is 13.7. The molecule has 0 unspecified atom stereocenters. The van der Waals surface area contributed by atoms with Gasteiger partial charge in [0.05, 0.1) is 6.54 Å². The van der Waals surface area contributed by atoms with Crippen LogP contribution < -0.4 is 0 Å². The second-order valence-electron chi connectivity index (χ2n) is 7.02. The van der Waals surface area contributed by atoms with E-state index in [1.54, 1.807) is 6.07 Å². The zero-order valence-corrected chi connectivity index (χ0v) is 20.9. The number of hydrogen-bond acceptors (Lipinski definition) is 5. The molecule has 5 nitrogen and oxygen atoms in total. The van der Waals surface area contributed by atoms with E-state index in [1.807, 2.05) is 27.8 Å². The fourth-order valence-corrected chi connectivity index (χ4v) is 5.33.